The van der Waals surface area contributed by atoms with E-state index in [-0.39, 0.29) is 6.61 Å². The number of esters is 4. The molecule has 10 nitrogen and oxygen atoms in total. The van der Waals surface area contributed by atoms with Crippen molar-refractivity contribution in [2.24, 2.45) is 0 Å². The number of ether oxygens (including phenoxy) is 6. The first-order chi connectivity index (χ1) is 11.6. The summed E-state index contributed by atoms with van der Waals surface area (Å²) in [4.78, 5) is 45.8. The quantitative estimate of drug-likeness (QED) is 0.476. The van der Waals surface area contributed by atoms with E-state index in [4.69, 9.17) is 28.4 Å². The first-order valence-corrected chi connectivity index (χ1v) is 7.49. The lowest BCUT2D eigenvalue weighted by molar-refractivity contribution is -0.221. The van der Waals surface area contributed by atoms with Gasteiger partial charge in [-0.15, -0.1) is 0 Å². The number of carbonyl (C=O) groups excluding carboxylic acids is 4. The summed E-state index contributed by atoms with van der Waals surface area (Å²) >= 11 is 0. The zero-order valence-corrected chi connectivity index (χ0v) is 14.7. The molecular weight excluding hydrogens is 340 g/mol. The van der Waals surface area contributed by atoms with E-state index in [1.165, 1.54) is 7.11 Å². The van der Waals surface area contributed by atoms with Crippen molar-refractivity contribution >= 4 is 23.9 Å². The molecule has 0 saturated carbocycles. The Morgan fingerprint density at radius 2 is 1.16 bits per heavy atom. The Morgan fingerprint density at radius 3 is 1.60 bits per heavy atom. The number of carbonyl (C=O) groups is 4. The SMILES string of the molecule is CO[C@H]1OC[C@@H](OC(C)=O)[C@H](OC(C)=O)[C@@H](OC(C)=O)[C@@H]1OC(C)=O. The van der Waals surface area contributed by atoms with Crippen molar-refractivity contribution < 1.29 is 47.6 Å². The first-order valence-electron chi connectivity index (χ1n) is 7.49. The smallest absolute Gasteiger partial charge is 0.303 e. The van der Waals surface area contributed by atoms with Gasteiger partial charge in [0.2, 0.25) is 0 Å². The van der Waals surface area contributed by atoms with Crippen LogP contribution in [0.4, 0.5) is 0 Å². The molecule has 1 heterocycles. The molecule has 0 aliphatic carbocycles. The molecule has 0 radical (unpaired) electrons. The van der Waals surface area contributed by atoms with Crippen LogP contribution in [0.3, 0.4) is 0 Å². The van der Waals surface area contributed by atoms with Crippen LogP contribution in [0.2, 0.25) is 0 Å². The third kappa shape index (κ3) is 6.31. The zero-order valence-electron chi connectivity index (χ0n) is 14.7. The molecule has 25 heavy (non-hydrogen) atoms. The van der Waals surface area contributed by atoms with E-state index < -0.39 is 54.6 Å². The topological polar surface area (TPSA) is 124 Å². The summed E-state index contributed by atoms with van der Waals surface area (Å²) in [7, 11) is 1.29. The van der Waals surface area contributed by atoms with Gasteiger partial charge in [0, 0.05) is 34.8 Å². The zero-order chi connectivity index (χ0) is 19.1. The van der Waals surface area contributed by atoms with E-state index in [1.807, 2.05) is 0 Å². The van der Waals surface area contributed by atoms with Crippen LogP contribution in [0.15, 0.2) is 0 Å². The van der Waals surface area contributed by atoms with Crippen LogP contribution < -0.4 is 0 Å². The summed E-state index contributed by atoms with van der Waals surface area (Å²) < 4.78 is 31.2. The second-order valence-electron chi connectivity index (χ2n) is 5.31. The van der Waals surface area contributed by atoms with Gasteiger partial charge in [0.15, 0.2) is 30.7 Å². The lowest BCUT2D eigenvalue weighted by Crippen LogP contribution is -2.53. The minimum atomic E-state index is -1.30. The van der Waals surface area contributed by atoms with Crippen LogP contribution in [-0.4, -0.2) is 68.3 Å². The second kappa shape index (κ2) is 9.33. The van der Waals surface area contributed by atoms with E-state index in [1.54, 1.807) is 0 Å². The average Bonchev–Trinajstić information content (AvgIpc) is 2.58. The Balaban J connectivity index is 3.31. The fourth-order valence-corrected chi connectivity index (χ4v) is 2.42. The molecule has 142 valence electrons. The van der Waals surface area contributed by atoms with Gasteiger partial charge in [-0.25, -0.2) is 0 Å². The van der Waals surface area contributed by atoms with E-state index in [2.05, 4.69) is 0 Å². The van der Waals surface area contributed by atoms with Crippen LogP contribution in [-0.2, 0) is 47.6 Å². The molecule has 0 N–H and O–H groups in total. The van der Waals surface area contributed by atoms with Gasteiger partial charge < -0.3 is 28.4 Å². The van der Waals surface area contributed by atoms with Crippen LogP contribution >= 0.6 is 0 Å². The maximum atomic E-state index is 11.5. The first kappa shape index (κ1) is 20.8. The Morgan fingerprint density at radius 1 is 0.720 bits per heavy atom. The van der Waals surface area contributed by atoms with E-state index in [9.17, 15) is 19.2 Å². The molecule has 0 aromatic rings. The third-order valence-electron chi connectivity index (χ3n) is 3.16. The molecular formula is C15H22O10. The fraction of sp³-hybridized carbons (Fsp3) is 0.733. The molecule has 1 aliphatic rings. The third-order valence-corrected chi connectivity index (χ3v) is 3.16. The Hall–Kier alpha value is -2.20. The highest BCUT2D eigenvalue weighted by molar-refractivity contribution is 5.69. The summed E-state index contributed by atoms with van der Waals surface area (Å²) in [5.41, 5.74) is 0. The van der Waals surface area contributed by atoms with Crippen molar-refractivity contribution in [2.45, 2.75) is 58.4 Å². The van der Waals surface area contributed by atoms with Gasteiger partial charge in [0.25, 0.3) is 0 Å². The number of hydrogen-bond acceptors (Lipinski definition) is 10. The summed E-state index contributed by atoms with van der Waals surface area (Å²) in [5.74, 6) is -2.79. The van der Waals surface area contributed by atoms with Gasteiger partial charge >= 0.3 is 23.9 Å². The fourth-order valence-electron chi connectivity index (χ4n) is 2.42. The van der Waals surface area contributed by atoms with Gasteiger partial charge in [-0.2, -0.15) is 0 Å². The molecule has 1 aliphatic heterocycles. The predicted octanol–water partition coefficient (Wildman–Crippen LogP) is -0.284. The van der Waals surface area contributed by atoms with Gasteiger partial charge in [0.05, 0.1) is 6.61 Å². The average molecular weight is 362 g/mol. The number of hydrogen-bond donors (Lipinski definition) is 0. The minimum Gasteiger partial charge on any atom is -0.456 e. The second-order valence-corrected chi connectivity index (χ2v) is 5.31. The minimum absolute atomic E-state index is 0.231. The number of methoxy groups -OCH3 is 1. The summed E-state index contributed by atoms with van der Waals surface area (Å²) in [6, 6.07) is 0. The molecule has 0 amide bonds. The van der Waals surface area contributed by atoms with Crippen LogP contribution in [0.1, 0.15) is 27.7 Å². The molecule has 10 heteroatoms. The predicted molar refractivity (Wildman–Crippen MR) is 79.0 cm³/mol. The molecule has 0 unspecified atom stereocenters. The largest absolute Gasteiger partial charge is 0.456 e. The Bertz CT molecular complexity index is 516. The van der Waals surface area contributed by atoms with Gasteiger partial charge in [-0.05, 0) is 0 Å². The van der Waals surface area contributed by atoms with E-state index in [0.717, 1.165) is 27.7 Å². The number of rotatable bonds is 5. The maximum Gasteiger partial charge on any atom is 0.303 e. The molecule has 0 spiro atoms. The highest BCUT2D eigenvalue weighted by Crippen LogP contribution is 2.26. The lowest BCUT2D eigenvalue weighted by Gasteiger charge is -2.33. The van der Waals surface area contributed by atoms with Gasteiger partial charge in [0.1, 0.15) is 0 Å². The van der Waals surface area contributed by atoms with E-state index in [0.29, 0.717) is 0 Å². The molecule has 1 saturated heterocycles. The van der Waals surface area contributed by atoms with E-state index >= 15 is 0 Å². The highest BCUT2D eigenvalue weighted by atomic mass is 16.7. The van der Waals surface area contributed by atoms with Crippen molar-refractivity contribution in [3.05, 3.63) is 0 Å². The van der Waals surface area contributed by atoms with Crippen molar-refractivity contribution in [2.75, 3.05) is 13.7 Å². The molecule has 0 aromatic carbocycles. The molecule has 0 bridgehead atoms. The Kier molecular flexibility index (Phi) is 7.78. The van der Waals surface area contributed by atoms with Crippen LogP contribution in [0, 0.1) is 0 Å². The maximum absolute atomic E-state index is 11.5. The van der Waals surface area contributed by atoms with Crippen LogP contribution in [0.25, 0.3) is 0 Å². The molecule has 1 fully saturated rings. The van der Waals surface area contributed by atoms with Crippen molar-refractivity contribution in [3.63, 3.8) is 0 Å². The Labute approximate surface area is 144 Å². The van der Waals surface area contributed by atoms with Crippen LogP contribution in [0.5, 0.6) is 0 Å². The molecule has 0 aromatic heterocycles. The van der Waals surface area contributed by atoms with Crippen molar-refractivity contribution in [3.8, 4) is 0 Å². The lowest BCUT2D eigenvalue weighted by atomic mass is 10.0. The highest BCUT2D eigenvalue weighted by Gasteiger charge is 2.50. The summed E-state index contributed by atoms with van der Waals surface area (Å²) in [5, 5.41) is 0. The van der Waals surface area contributed by atoms with Crippen molar-refractivity contribution in [1.29, 1.82) is 0 Å². The van der Waals surface area contributed by atoms with Crippen molar-refractivity contribution in [1.82, 2.24) is 0 Å². The molecule has 5 atom stereocenters. The van der Waals surface area contributed by atoms with Gasteiger partial charge in [-0.1, -0.05) is 0 Å². The van der Waals surface area contributed by atoms with Gasteiger partial charge in [-0.3, -0.25) is 19.2 Å². The summed E-state index contributed by atoms with van der Waals surface area (Å²) in [6.07, 6.45) is -6.02. The monoisotopic (exact) mass is 362 g/mol. The standard InChI is InChI=1S/C15H22O10/c1-7(16)22-11-6-21-15(20-5)14(25-10(4)19)13(24-9(3)18)12(11)23-8(2)17/h11-15H,6H2,1-5H3/t11-,12+,13-,14+,15+/m1/s1. The normalized spacial score (nSPS) is 29.1. The summed E-state index contributed by atoms with van der Waals surface area (Å²) in [6.45, 7) is 4.34. The molecule has 1 rings (SSSR count).